The smallest absolute Gasteiger partial charge is 0.231 e. The average Bonchev–Trinajstić information content (AvgIpc) is 2.85. The molecule has 0 aliphatic carbocycles. The number of rotatable bonds is 5. The Bertz CT molecular complexity index is 623. The van der Waals surface area contributed by atoms with Crippen molar-refractivity contribution in [1.29, 1.82) is 0 Å². The number of nitrogens with zero attached hydrogens (tertiary/aromatic N) is 2. The van der Waals surface area contributed by atoms with E-state index in [1.165, 1.54) is 11.3 Å². The predicted molar refractivity (Wildman–Crippen MR) is 88.4 cm³/mol. The second-order valence-electron chi connectivity index (χ2n) is 4.47. The van der Waals surface area contributed by atoms with Crippen molar-refractivity contribution in [1.82, 2.24) is 4.98 Å². The summed E-state index contributed by atoms with van der Waals surface area (Å²) in [5, 5.41) is 14.0. The van der Waals surface area contributed by atoms with Gasteiger partial charge in [-0.15, -0.1) is 0 Å². The lowest BCUT2D eigenvalue weighted by atomic mass is 10.3. The zero-order valence-electron chi connectivity index (χ0n) is 11.8. The first kappa shape index (κ1) is 16.0. The normalized spacial score (nSPS) is 10.5. The first-order valence-electron chi connectivity index (χ1n) is 6.05. The van der Waals surface area contributed by atoms with Crippen LogP contribution in [-0.4, -0.2) is 31.3 Å². The molecule has 0 saturated heterocycles. The molecule has 0 saturated carbocycles. The number of phenols is 1. The standard InChI is InChI=1S/C13H15Cl2N3O2S/c1-18(2)13-17-12(20-3)10(21-13)6-16-7-4-8(14)11(19)9(15)5-7/h4-5,16,19H,6H2,1-3H3. The highest BCUT2D eigenvalue weighted by atomic mass is 35.5. The highest BCUT2D eigenvalue weighted by Crippen LogP contribution is 2.36. The Kier molecular flexibility index (Phi) is 5.03. The molecule has 114 valence electrons. The monoisotopic (exact) mass is 347 g/mol. The molecule has 1 heterocycles. The van der Waals surface area contributed by atoms with Gasteiger partial charge in [0.25, 0.3) is 0 Å². The van der Waals surface area contributed by atoms with Crippen LogP contribution in [0.15, 0.2) is 12.1 Å². The summed E-state index contributed by atoms with van der Waals surface area (Å²) in [5.74, 6) is 0.473. The van der Waals surface area contributed by atoms with Gasteiger partial charge in [-0.05, 0) is 12.1 Å². The van der Waals surface area contributed by atoms with Gasteiger partial charge in [0.2, 0.25) is 5.88 Å². The Hall–Kier alpha value is -1.37. The fourth-order valence-electron chi connectivity index (χ4n) is 1.64. The first-order valence-corrected chi connectivity index (χ1v) is 7.62. The second kappa shape index (κ2) is 6.60. The fraction of sp³-hybridized carbons (Fsp3) is 0.308. The van der Waals surface area contributed by atoms with Crippen LogP contribution in [0.4, 0.5) is 10.8 Å². The number of hydrogen-bond acceptors (Lipinski definition) is 6. The van der Waals surface area contributed by atoms with E-state index in [0.717, 1.165) is 10.0 Å². The van der Waals surface area contributed by atoms with Gasteiger partial charge in [-0.1, -0.05) is 34.5 Å². The molecule has 2 N–H and O–H groups in total. The van der Waals surface area contributed by atoms with Gasteiger partial charge in [0, 0.05) is 19.8 Å². The molecule has 0 amide bonds. The molecule has 2 rings (SSSR count). The predicted octanol–water partition coefficient (Wildman–Crippen LogP) is 3.84. The van der Waals surface area contributed by atoms with Crippen molar-refractivity contribution in [2.75, 3.05) is 31.4 Å². The first-order chi connectivity index (χ1) is 9.92. The number of phenolic OH excluding ortho intramolecular Hbond substituents is 1. The Balaban J connectivity index is 2.16. The molecular formula is C13H15Cl2N3O2S. The molecule has 5 nitrogen and oxygen atoms in total. The molecule has 0 fully saturated rings. The van der Waals surface area contributed by atoms with E-state index in [1.54, 1.807) is 19.2 Å². The maximum Gasteiger partial charge on any atom is 0.231 e. The lowest BCUT2D eigenvalue weighted by Gasteiger charge is -2.08. The number of aromatic nitrogens is 1. The molecule has 8 heteroatoms. The fourth-order valence-corrected chi connectivity index (χ4v) is 3.02. The zero-order valence-corrected chi connectivity index (χ0v) is 14.1. The number of thiazole rings is 1. The summed E-state index contributed by atoms with van der Waals surface area (Å²) in [4.78, 5) is 7.26. The van der Waals surface area contributed by atoms with Crippen LogP contribution in [0.25, 0.3) is 0 Å². The molecule has 0 aliphatic heterocycles. The zero-order chi connectivity index (χ0) is 15.6. The average molecular weight is 348 g/mol. The molecule has 1 aromatic heterocycles. The van der Waals surface area contributed by atoms with E-state index in [9.17, 15) is 5.11 Å². The summed E-state index contributed by atoms with van der Waals surface area (Å²) >= 11 is 13.3. The molecule has 2 aromatic rings. The van der Waals surface area contributed by atoms with Gasteiger partial charge in [-0.3, -0.25) is 0 Å². The van der Waals surface area contributed by atoms with E-state index in [0.29, 0.717) is 18.1 Å². The lowest BCUT2D eigenvalue weighted by Crippen LogP contribution is -2.07. The minimum atomic E-state index is -0.117. The maximum absolute atomic E-state index is 9.54. The van der Waals surface area contributed by atoms with Gasteiger partial charge in [0.1, 0.15) is 0 Å². The summed E-state index contributed by atoms with van der Waals surface area (Å²) in [6, 6.07) is 3.23. The van der Waals surface area contributed by atoms with Crippen LogP contribution in [-0.2, 0) is 6.54 Å². The minimum Gasteiger partial charge on any atom is -0.505 e. The summed E-state index contributed by atoms with van der Waals surface area (Å²) in [6.45, 7) is 0.520. The Morgan fingerprint density at radius 1 is 1.33 bits per heavy atom. The largest absolute Gasteiger partial charge is 0.505 e. The van der Waals surface area contributed by atoms with Crippen molar-refractivity contribution >= 4 is 45.4 Å². The van der Waals surface area contributed by atoms with E-state index >= 15 is 0 Å². The molecule has 0 unspecified atom stereocenters. The third kappa shape index (κ3) is 3.64. The maximum atomic E-state index is 9.54. The number of methoxy groups -OCH3 is 1. The Morgan fingerprint density at radius 2 is 1.95 bits per heavy atom. The molecule has 0 spiro atoms. The molecular weight excluding hydrogens is 333 g/mol. The van der Waals surface area contributed by atoms with E-state index in [2.05, 4.69) is 10.3 Å². The summed E-state index contributed by atoms with van der Waals surface area (Å²) in [7, 11) is 5.44. The molecule has 21 heavy (non-hydrogen) atoms. The number of ether oxygens (including phenoxy) is 1. The second-order valence-corrected chi connectivity index (χ2v) is 6.34. The Labute approximate surface area is 137 Å². The van der Waals surface area contributed by atoms with Crippen molar-refractivity contribution in [3.8, 4) is 11.6 Å². The van der Waals surface area contributed by atoms with Crippen molar-refractivity contribution in [2.45, 2.75) is 6.54 Å². The third-order valence-corrected chi connectivity index (χ3v) is 4.48. The molecule has 0 radical (unpaired) electrons. The van der Waals surface area contributed by atoms with Gasteiger partial charge in [0.15, 0.2) is 10.9 Å². The number of hydrogen-bond donors (Lipinski definition) is 2. The van der Waals surface area contributed by atoms with Gasteiger partial charge < -0.3 is 20.1 Å². The third-order valence-electron chi connectivity index (χ3n) is 2.70. The van der Waals surface area contributed by atoms with Crippen LogP contribution >= 0.6 is 34.5 Å². The van der Waals surface area contributed by atoms with Crippen LogP contribution in [0.1, 0.15) is 4.88 Å². The minimum absolute atomic E-state index is 0.117. The lowest BCUT2D eigenvalue weighted by molar-refractivity contribution is 0.397. The Morgan fingerprint density at radius 3 is 2.48 bits per heavy atom. The molecule has 0 atom stereocenters. The molecule has 1 aromatic carbocycles. The highest BCUT2D eigenvalue weighted by Gasteiger charge is 2.13. The van der Waals surface area contributed by atoms with Crippen LogP contribution < -0.4 is 15.0 Å². The van der Waals surface area contributed by atoms with Gasteiger partial charge in [0.05, 0.1) is 28.6 Å². The van der Waals surface area contributed by atoms with Crippen LogP contribution in [0.2, 0.25) is 10.0 Å². The molecule has 0 aliphatic rings. The van der Waals surface area contributed by atoms with Crippen molar-refractivity contribution in [2.24, 2.45) is 0 Å². The van der Waals surface area contributed by atoms with Crippen LogP contribution in [0.5, 0.6) is 11.6 Å². The topological polar surface area (TPSA) is 57.6 Å². The van der Waals surface area contributed by atoms with Gasteiger partial charge in [-0.2, -0.15) is 4.98 Å². The van der Waals surface area contributed by atoms with Crippen molar-refractivity contribution in [3.05, 3.63) is 27.1 Å². The summed E-state index contributed by atoms with van der Waals surface area (Å²) in [6.07, 6.45) is 0. The number of benzene rings is 1. The quantitative estimate of drug-likeness (QED) is 0.804. The van der Waals surface area contributed by atoms with E-state index in [4.69, 9.17) is 27.9 Å². The highest BCUT2D eigenvalue weighted by molar-refractivity contribution is 7.15. The van der Waals surface area contributed by atoms with Crippen molar-refractivity contribution < 1.29 is 9.84 Å². The SMILES string of the molecule is COc1nc(N(C)C)sc1CNc1cc(Cl)c(O)c(Cl)c1. The number of anilines is 2. The summed E-state index contributed by atoms with van der Waals surface area (Å²) < 4.78 is 5.27. The van der Waals surface area contributed by atoms with Crippen LogP contribution in [0, 0.1) is 0 Å². The van der Waals surface area contributed by atoms with E-state index < -0.39 is 0 Å². The van der Waals surface area contributed by atoms with Gasteiger partial charge >= 0.3 is 0 Å². The number of nitrogens with one attached hydrogen (secondary N) is 1. The van der Waals surface area contributed by atoms with E-state index in [-0.39, 0.29) is 15.8 Å². The number of halogens is 2. The van der Waals surface area contributed by atoms with E-state index in [1.807, 2.05) is 19.0 Å². The molecule has 0 bridgehead atoms. The summed E-state index contributed by atoms with van der Waals surface area (Å²) in [5.41, 5.74) is 0.713. The van der Waals surface area contributed by atoms with Crippen LogP contribution in [0.3, 0.4) is 0 Å². The number of aromatic hydroxyl groups is 1. The van der Waals surface area contributed by atoms with Crippen molar-refractivity contribution in [3.63, 3.8) is 0 Å². The van der Waals surface area contributed by atoms with Gasteiger partial charge in [-0.25, -0.2) is 0 Å².